The fourth-order valence-corrected chi connectivity index (χ4v) is 3.10. The van der Waals surface area contributed by atoms with Crippen molar-refractivity contribution < 1.29 is 54.8 Å². The zero-order chi connectivity index (χ0) is 28.2. The van der Waals surface area contributed by atoms with Crippen LogP contribution < -0.4 is 14.2 Å². The lowest BCUT2D eigenvalue weighted by atomic mass is 10.1. The Bertz CT molecular complexity index is 998. The standard InChI is InChI=1S/C26H28F6O6/c1-3-34-23(24(33)35-4-2)14-18-7-9-20(10-8-18)36-11-5-6-19-12-21(37-16-25(27,28)29)15-22(13-19)38-17-26(30,31)32/h5-10,12-13,15,23H,3-4,11,14,16-17H2,1-2H3/b6-5+. The largest absolute Gasteiger partial charge is 0.490 e. The molecule has 0 fully saturated rings. The van der Waals surface area contributed by atoms with Gasteiger partial charge in [0.25, 0.3) is 0 Å². The first-order chi connectivity index (χ1) is 17.9. The molecule has 12 heteroatoms. The molecule has 0 saturated carbocycles. The van der Waals surface area contributed by atoms with E-state index in [1.54, 1.807) is 38.1 Å². The molecule has 1 atom stereocenters. The molecule has 6 nitrogen and oxygen atoms in total. The van der Waals surface area contributed by atoms with Gasteiger partial charge in [0, 0.05) is 19.1 Å². The topological polar surface area (TPSA) is 63.2 Å². The maximum Gasteiger partial charge on any atom is 0.422 e. The van der Waals surface area contributed by atoms with E-state index in [9.17, 15) is 31.1 Å². The lowest BCUT2D eigenvalue weighted by Gasteiger charge is -2.15. The molecule has 2 rings (SSSR count). The molecule has 0 aliphatic rings. The Morgan fingerprint density at radius 3 is 1.89 bits per heavy atom. The highest BCUT2D eigenvalue weighted by Gasteiger charge is 2.30. The van der Waals surface area contributed by atoms with Crippen LogP contribution in [0.1, 0.15) is 25.0 Å². The average Bonchev–Trinajstić information content (AvgIpc) is 2.84. The van der Waals surface area contributed by atoms with E-state index in [-0.39, 0.29) is 30.3 Å². The zero-order valence-corrected chi connectivity index (χ0v) is 20.7. The number of alkyl halides is 6. The van der Waals surface area contributed by atoms with Crippen LogP contribution in [0.2, 0.25) is 0 Å². The first kappa shape index (κ1) is 30.8. The second-order valence-electron chi connectivity index (χ2n) is 7.80. The minimum atomic E-state index is -4.62. The Hall–Kier alpha value is -3.41. The van der Waals surface area contributed by atoms with Gasteiger partial charge in [-0.25, -0.2) is 4.79 Å². The highest BCUT2D eigenvalue weighted by molar-refractivity contribution is 5.75. The smallest absolute Gasteiger partial charge is 0.422 e. The Labute approximate surface area is 216 Å². The van der Waals surface area contributed by atoms with Crippen LogP contribution in [0.25, 0.3) is 6.08 Å². The number of hydrogen-bond donors (Lipinski definition) is 0. The van der Waals surface area contributed by atoms with E-state index in [0.29, 0.717) is 18.8 Å². The molecule has 0 radical (unpaired) electrons. The summed E-state index contributed by atoms with van der Waals surface area (Å²) in [6.07, 6.45) is -6.68. The van der Waals surface area contributed by atoms with Crippen LogP contribution >= 0.6 is 0 Å². The van der Waals surface area contributed by atoms with Crippen LogP contribution in [-0.4, -0.2) is 57.5 Å². The number of esters is 1. The van der Waals surface area contributed by atoms with Crippen LogP contribution in [0.3, 0.4) is 0 Å². The second kappa shape index (κ2) is 14.5. The maximum atomic E-state index is 12.5. The molecular formula is C26H28F6O6. The van der Waals surface area contributed by atoms with Crippen molar-refractivity contribution in [2.24, 2.45) is 0 Å². The maximum absolute atomic E-state index is 12.5. The van der Waals surface area contributed by atoms with Crippen molar-refractivity contribution in [3.63, 3.8) is 0 Å². The van der Waals surface area contributed by atoms with Gasteiger partial charge in [0.15, 0.2) is 19.3 Å². The van der Waals surface area contributed by atoms with E-state index in [0.717, 1.165) is 11.6 Å². The van der Waals surface area contributed by atoms with Gasteiger partial charge in [-0.05, 0) is 55.3 Å². The third kappa shape index (κ3) is 12.2. The normalized spacial score (nSPS) is 12.8. The minimum Gasteiger partial charge on any atom is -0.490 e. The number of carbonyl (C=O) groups is 1. The van der Waals surface area contributed by atoms with Gasteiger partial charge in [0.05, 0.1) is 6.61 Å². The summed E-state index contributed by atoms with van der Waals surface area (Å²) < 4.78 is 100. The number of carbonyl (C=O) groups excluding carboxylic acids is 1. The van der Waals surface area contributed by atoms with E-state index >= 15 is 0 Å². The van der Waals surface area contributed by atoms with Crippen LogP contribution in [0.15, 0.2) is 48.5 Å². The minimum absolute atomic E-state index is 0.0517. The van der Waals surface area contributed by atoms with Gasteiger partial charge < -0.3 is 23.7 Å². The summed E-state index contributed by atoms with van der Waals surface area (Å²) in [6.45, 7) is 0.918. The monoisotopic (exact) mass is 550 g/mol. The quantitative estimate of drug-likeness (QED) is 0.207. The fourth-order valence-electron chi connectivity index (χ4n) is 3.10. The van der Waals surface area contributed by atoms with E-state index in [2.05, 4.69) is 9.47 Å². The van der Waals surface area contributed by atoms with Gasteiger partial charge in [-0.3, -0.25) is 0 Å². The molecule has 0 heterocycles. The number of rotatable bonds is 14. The first-order valence-electron chi connectivity index (χ1n) is 11.6. The van der Waals surface area contributed by atoms with Crippen molar-refractivity contribution in [3.8, 4) is 17.2 Å². The van der Waals surface area contributed by atoms with E-state index in [1.807, 2.05) is 0 Å². The summed E-state index contributed by atoms with van der Waals surface area (Å²) >= 11 is 0. The molecule has 0 N–H and O–H groups in total. The first-order valence-corrected chi connectivity index (χ1v) is 11.6. The molecule has 0 spiro atoms. The predicted molar refractivity (Wildman–Crippen MR) is 126 cm³/mol. The summed E-state index contributed by atoms with van der Waals surface area (Å²) in [5, 5.41) is 0. The SMILES string of the molecule is CCOC(=O)C(Cc1ccc(OC/C=C/c2cc(OCC(F)(F)F)cc(OCC(F)(F)F)c2)cc1)OCC. The van der Waals surface area contributed by atoms with Crippen molar-refractivity contribution in [3.05, 3.63) is 59.7 Å². The Kier molecular flexibility index (Phi) is 11.8. The summed E-state index contributed by atoms with van der Waals surface area (Å²) in [4.78, 5) is 12.0. The lowest BCUT2D eigenvalue weighted by molar-refractivity contribution is -0.156. The number of benzene rings is 2. The Morgan fingerprint density at radius 2 is 1.39 bits per heavy atom. The zero-order valence-electron chi connectivity index (χ0n) is 20.7. The number of ether oxygens (including phenoxy) is 5. The second-order valence-corrected chi connectivity index (χ2v) is 7.80. The predicted octanol–water partition coefficient (Wildman–Crippen LogP) is 6.17. The molecule has 38 heavy (non-hydrogen) atoms. The summed E-state index contributed by atoms with van der Waals surface area (Å²) in [5.74, 6) is -0.545. The van der Waals surface area contributed by atoms with Gasteiger partial charge in [-0.2, -0.15) is 26.3 Å². The van der Waals surface area contributed by atoms with E-state index in [1.165, 1.54) is 24.3 Å². The molecule has 0 aromatic heterocycles. The van der Waals surface area contributed by atoms with Crippen LogP contribution in [0.5, 0.6) is 17.2 Å². The van der Waals surface area contributed by atoms with Crippen LogP contribution in [0, 0.1) is 0 Å². The van der Waals surface area contributed by atoms with Gasteiger partial charge >= 0.3 is 18.3 Å². The van der Waals surface area contributed by atoms with Crippen molar-refractivity contribution >= 4 is 12.0 Å². The third-order valence-electron chi connectivity index (χ3n) is 4.63. The molecular weight excluding hydrogens is 522 g/mol. The number of hydrogen-bond acceptors (Lipinski definition) is 6. The fraction of sp³-hybridized carbons (Fsp3) is 0.423. The van der Waals surface area contributed by atoms with Gasteiger partial charge in [-0.15, -0.1) is 0 Å². The Balaban J connectivity index is 2.00. The number of halogens is 6. The van der Waals surface area contributed by atoms with Crippen molar-refractivity contribution in [2.75, 3.05) is 33.0 Å². The van der Waals surface area contributed by atoms with E-state index < -0.39 is 37.6 Å². The van der Waals surface area contributed by atoms with E-state index in [4.69, 9.17) is 14.2 Å². The summed E-state index contributed by atoms with van der Waals surface area (Å²) in [5.41, 5.74) is 1.07. The van der Waals surface area contributed by atoms with Gasteiger partial charge in [0.1, 0.15) is 23.9 Å². The summed E-state index contributed by atoms with van der Waals surface area (Å²) in [6, 6.07) is 10.3. The molecule has 2 aromatic carbocycles. The molecule has 0 aliphatic carbocycles. The highest BCUT2D eigenvalue weighted by Crippen LogP contribution is 2.27. The Morgan fingerprint density at radius 1 is 0.816 bits per heavy atom. The average molecular weight is 550 g/mol. The lowest BCUT2D eigenvalue weighted by Crippen LogP contribution is -2.28. The van der Waals surface area contributed by atoms with Crippen molar-refractivity contribution in [2.45, 2.75) is 38.7 Å². The molecule has 2 aromatic rings. The van der Waals surface area contributed by atoms with Gasteiger partial charge in [0.2, 0.25) is 0 Å². The third-order valence-corrected chi connectivity index (χ3v) is 4.63. The summed E-state index contributed by atoms with van der Waals surface area (Å²) in [7, 11) is 0. The van der Waals surface area contributed by atoms with Crippen molar-refractivity contribution in [1.29, 1.82) is 0 Å². The van der Waals surface area contributed by atoms with Crippen molar-refractivity contribution in [1.82, 2.24) is 0 Å². The van der Waals surface area contributed by atoms with Gasteiger partial charge in [-0.1, -0.05) is 18.2 Å². The molecule has 0 bridgehead atoms. The molecule has 0 amide bonds. The van der Waals surface area contributed by atoms with Crippen LogP contribution in [-0.2, 0) is 20.7 Å². The highest BCUT2D eigenvalue weighted by atomic mass is 19.4. The molecule has 0 aliphatic heterocycles. The molecule has 0 saturated heterocycles. The molecule has 1 unspecified atom stereocenters. The molecule has 210 valence electrons. The van der Waals surface area contributed by atoms with Crippen LogP contribution in [0.4, 0.5) is 26.3 Å².